The molecule has 2 aromatic heterocycles. The molecule has 0 spiro atoms. The van der Waals surface area contributed by atoms with Crippen LogP contribution in [0.4, 0.5) is 11.6 Å². The summed E-state index contributed by atoms with van der Waals surface area (Å²) in [6.07, 6.45) is 1.66. The topological polar surface area (TPSA) is 75.7 Å². The highest BCUT2D eigenvalue weighted by atomic mass is 16.6. The number of benzene rings is 1. The minimum absolute atomic E-state index is 0.0352. The third kappa shape index (κ3) is 3.52. The van der Waals surface area contributed by atoms with Crippen molar-refractivity contribution in [3.05, 3.63) is 70.4 Å². The molecule has 3 aromatic rings. The van der Waals surface area contributed by atoms with Crippen molar-refractivity contribution < 1.29 is 4.92 Å². The lowest BCUT2D eigenvalue weighted by molar-refractivity contribution is -0.389. The summed E-state index contributed by atoms with van der Waals surface area (Å²) < 4.78 is 1.50. The zero-order valence-corrected chi connectivity index (χ0v) is 15.0. The van der Waals surface area contributed by atoms with Crippen molar-refractivity contribution in [2.24, 2.45) is 0 Å². The Labute approximate surface area is 152 Å². The summed E-state index contributed by atoms with van der Waals surface area (Å²) in [5.74, 6) is 0.265. The maximum Gasteiger partial charge on any atom is 0.372 e. The highest BCUT2D eigenvalue weighted by molar-refractivity contribution is 5.62. The van der Waals surface area contributed by atoms with Gasteiger partial charge >= 0.3 is 5.82 Å². The number of nitro groups is 1. The summed E-state index contributed by atoms with van der Waals surface area (Å²) in [5, 5.41) is 14.8. The van der Waals surface area contributed by atoms with Crippen LogP contribution in [-0.2, 0) is 0 Å². The van der Waals surface area contributed by atoms with E-state index in [2.05, 4.69) is 41.2 Å². The fraction of sp³-hybridized carbons (Fsp3) is 0.316. The van der Waals surface area contributed by atoms with Gasteiger partial charge in [0, 0.05) is 12.6 Å². The normalized spacial score (nSPS) is 12.4. The number of rotatable bonds is 8. The standard InChI is InChI=1S/C19H23N5O2/c1-3-22(4-2)16(15-10-6-5-7-11-15)14-20-18-19(24(25)26)23-13-9-8-12-17(23)21-18/h5-13,16,20H,3-4,14H2,1-2H3. The Morgan fingerprint density at radius 1 is 1.15 bits per heavy atom. The van der Waals surface area contributed by atoms with Crippen molar-refractivity contribution in [1.82, 2.24) is 14.3 Å². The molecule has 0 aliphatic carbocycles. The summed E-state index contributed by atoms with van der Waals surface area (Å²) in [4.78, 5) is 17.9. The molecule has 0 fully saturated rings. The molecular weight excluding hydrogens is 330 g/mol. The quantitative estimate of drug-likeness (QED) is 0.493. The van der Waals surface area contributed by atoms with E-state index >= 15 is 0 Å². The molecule has 1 unspecified atom stereocenters. The Balaban J connectivity index is 1.91. The number of fused-ring (bicyclic) bond motifs is 1. The van der Waals surface area contributed by atoms with Gasteiger partial charge in [-0.1, -0.05) is 50.2 Å². The SMILES string of the molecule is CCN(CC)C(CNc1nc2ccccn2c1[N+](=O)[O-])c1ccccc1. The summed E-state index contributed by atoms with van der Waals surface area (Å²) in [6, 6.07) is 15.6. The van der Waals surface area contributed by atoms with Crippen LogP contribution in [-0.4, -0.2) is 38.8 Å². The summed E-state index contributed by atoms with van der Waals surface area (Å²) >= 11 is 0. The molecule has 3 rings (SSSR count). The number of imidazole rings is 1. The lowest BCUT2D eigenvalue weighted by atomic mass is 10.1. The van der Waals surface area contributed by atoms with Crippen LogP contribution in [0.15, 0.2) is 54.7 Å². The van der Waals surface area contributed by atoms with E-state index in [1.165, 1.54) is 9.96 Å². The van der Waals surface area contributed by atoms with Gasteiger partial charge in [0.2, 0.25) is 11.5 Å². The predicted octanol–water partition coefficient (Wildman–Crippen LogP) is 3.74. The highest BCUT2D eigenvalue weighted by Crippen LogP contribution is 2.27. The molecule has 7 heteroatoms. The fourth-order valence-electron chi connectivity index (χ4n) is 3.27. The largest absolute Gasteiger partial charge is 0.372 e. The van der Waals surface area contributed by atoms with Gasteiger partial charge in [-0.25, -0.2) is 0 Å². The smallest absolute Gasteiger partial charge is 0.361 e. The molecule has 0 saturated heterocycles. The Kier molecular flexibility index (Phi) is 5.48. The molecule has 0 radical (unpaired) electrons. The van der Waals surface area contributed by atoms with Gasteiger partial charge in [0.05, 0.1) is 12.2 Å². The van der Waals surface area contributed by atoms with Crippen molar-refractivity contribution in [3.8, 4) is 0 Å². The first-order valence-corrected chi connectivity index (χ1v) is 8.80. The third-order valence-electron chi connectivity index (χ3n) is 4.58. The molecule has 1 aromatic carbocycles. The van der Waals surface area contributed by atoms with E-state index < -0.39 is 4.92 Å². The van der Waals surface area contributed by atoms with Crippen molar-refractivity contribution in [1.29, 1.82) is 0 Å². The second-order valence-corrected chi connectivity index (χ2v) is 6.00. The first kappa shape index (κ1) is 17.9. The molecule has 7 nitrogen and oxygen atoms in total. The maximum absolute atomic E-state index is 11.6. The summed E-state index contributed by atoms with van der Waals surface area (Å²) in [6.45, 7) is 6.56. The summed E-state index contributed by atoms with van der Waals surface area (Å²) in [5.41, 5.74) is 1.73. The Morgan fingerprint density at radius 2 is 1.85 bits per heavy atom. The van der Waals surface area contributed by atoms with Crippen LogP contribution in [0, 0.1) is 10.1 Å². The first-order chi connectivity index (χ1) is 12.7. The molecule has 136 valence electrons. The van der Waals surface area contributed by atoms with E-state index in [0.29, 0.717) is 18.0 Å². The van der Waals surface area contributed by atoms with Gasteiger partial charge in [-0.2, -0.15) is 9.38 Å². The van der Waals surface area contributed by atoms with E-state index in [4.69, 9.17) is 0 Å². The number of hydrogen-bond donors (Lipinski definition) is 1. The average molecular weight is 353 g/mol. The lowest BCUT2D eigenvalue weighted by Crippen LogP contribution is -2.33. The molecule has 0 amide bonds. The van der Waals surface area contributed by atoms with Crippen molar-refractivity contribution >= 4 is 17.3 Å². The van der Waals surface area contributed by atoms with Gasteiger partial charge < -0.3 is 15.4 Å². The molecular formula is C19H23N5O2. The first-order valence-electron chi connectivity index (χ1n) is 8.80. The number of anilines is 1. The second-order valence-electron chi connectivity index (χ2n) is 6.00. The number of nitrogens with zero attached hydrogens (tertiary/aromatic N) is 4. The Hall–Kier alpha value is -2.93. The van der Waals surface area contributed by atoms with Crippen LogP contribution in [0.5, 0.6) is 0 Å². The van der Waals surface area contributed by atoms with E-state index in [0.717, 1.165) is 13.1 Å². The molecule has 1 N–H and O–H groups in total. The number of likely N-dealkylation sites (N-methyl/N-ethyl adjacent to an activating group) is 1. The number of aromatic nitrogens is 2. The predicted molar refractivity (Wildman–Crippen MR) is 102 cm³/mol. The monoisotopic (exact) mass is 353 g/mol. The maximum atomic E-state index is 11.6. The van der Waals surface area contributed by atoms with Gasteiger partial charge in [0.1, 0.15) is 0 Å². The number of pyridine rings is 1. The van der Waals surface area contributed by atoms with Gasteiger partial charge in [0.25, 0.3) is 0 Å². The van der Waals surface area contributed by atoms with Crippen molar-refractivity contribution in [3.63, 3.8) is 0 Å². The molecule has 0 bridgehead atoms. The van der Waals surface area contributed by atoms with Crippen molar-refractivity contribution in [2.75, 3.05) is 25.0 Å². The molecule has 26 heavy (non-hydrogen) atoms. The Morgan fingerprint density at radius 3 is 2.50 bits per heavy atom. The molecule has 1 atom stereocenters. The average Bonchev–Trinajstić information content (AvgIpc) is 3.04. The van der Waals surface area contributed by atoms with Gasteiger partial charge in [-0.15, -0.1) is 0 Å². The van der Waals surface area contributed by atoms with E-state index in [1.807, 2.05) is 24.3 Å². The zero-order chi connectivity index (χ0) is 18.5. The van der Waals surface area contributed by atoms with Crippen LogP contribution in [0.3, 0.4) is 0 Å². The van der Waals surface area contributed by atoms with Crippen LogP contribution in [0.2, 0.25) is 0 Å². The van der Waals surface area contributed by atoms with Gasteiger partial charge in [-0.3, -0.25) is 4.90 Å². The second kappa shape index (κ2) is 7.97. The van der Waals surface area contributed by atoms with E-state index in [-0.39, 0.29) is 11.9 Å². The molecule has 0 aliphatic heterocycles. The van der Waals surface area contributed by atoms with Crippen LogP contribution < -0.4 is 5.32 Å². The highest BCUT2D eigenvalue weighted by Gasteiger charge is 2.24. The van der Waals surface area contributed by atoms with Gasteiger partial charge in [-0.05, 0) is 29.6 Å². The summed E-state index contributed by atoms with van der Waals surface area (Å²) in [7, 11) is 0. The van der Waals surface area contributed by atoms with Crippen molar-refractivity contribution in [2.45, 2.75) is 19.9 Å². The lowest BCUT2D eigenvalue weighted by Gasteiger charge is -2.30. The van der Waals surface area contributed by atoms with E-state index in [9.17, 15) is 10.1 Å². The van der Waals surface area contributed by atoms with Gasteiger partial charge in [0.15, 0.2) is 0 Å². The number of nitrogens with one attached hydrogen (secondary N) is 1. The van der Waals surface area contributed by atoms with E-state index in [1.54, 1.807) is 18.3 Å². The minimum atomic E-state index is -0.392. The zero-order valence-electron chi connectivity index (χ0n) is 15.0. The molecule has 2 heterocycles. The van der Waals surface area contributed by atoms with Crippen LogP contribution in [0.25, 0.3) is 5.65 Å². The number of hydrogen-bond acceptors (Lipinski definition) is 5. The minimum Gasteiger partial charge on any atom is -0.361 e. The third-order valence-corrected chi connectivity index (χ3v) is 4.58. The molecule has 0 aliphatic rings. The Bertz CT molecular complexity index is 874. The van der Waals surface area contributed by atoms with Crippen LogP contribution >= 0.6 is 0 Å². The molecule has 0 saturated carbocycles. The van der Waals surface area contributed by atoms with Crippen LogP contribution in [0.1, 0.15) is 25.5 Å². The fourth-order valence-corrected chi connectivity index (χ4v) is 3.27.